The number of nitrogens with one attached hydrogen (secondary N) is 2. The van der Waals surface area contributed by atoms with Gasteiger partial charge in [0.25, 0.3) is 0 Å². The van der Waals surface area contributed by atoms with Crippen LogP contribution in [0.1, 0.15) is 19.4 Å². The molecular weight excluding hydrogens is 392 g/mol. The third kappa shape index (κ3) is 8.73. The van der Waals surface area contributed by atoms with Gasteiger partial charge in [0.15, 0.2) is 9.84 Å². The molecule has 8 heteroatoms. The first-order chi connectivity index (χ1) is 9.82. The minimum absolute atomic E-state index is 0. The zero-order valence-electron chi connectivity index (χ0n) is 12.6. The van der Waals surface area contributed by atoms with Crippen molar-refractivity contribution in [1.82, 2.24) is 10.6 Å². The average Bonchev–Trinajstić information content (AvgIpc) is 2.39. The van der Waals surface area contributed by atoms with Crippen LogP contribution in [0.15, 0.2) is 28.7 Å². The zero-order valence-corrected chi connectivity index (χ0v) is 15.9. The lowest BCUT2D eigenvalue weighted by Gasteiger charge is -2.13. The van der Waals surface area contributed by atoms with Crippen molar-refractivity contribution < 1.29 is 13.2 Å². The van der Waals surface area contributed by atoms with Gasteiger partial charge in [0, 0.05) is 17.1 Å². The highest BCUT2D eigenvalue weighted by atomic mass is 79.9. The second kappa shape index (κ2) is 10.2. The number of sulfone groups is 1. The number of amides is 1. The molecule has 0 aliphatic carbocycles. The van der Waals surface area contributed by atoms with E-state index in [1.807, 2.05) is 13.8 Å². The van der Waals surface area contributed by atoms with Crippen molar-refractivity contribution in [2.24, 2.45) is 0 Å². The molecule has 1 aromatic rings. The monoisotopic (exact) mass is 412 g/mol. The number of likely N-dealkylation sites (N-methyl/N-ethyl adjacent to an activating group) is 1. The Balaban J connectivity index is 0.00000441. The zero-order chi connectivity index (χ0) is 15.9. The molecule has 0 saturated heterocycles. The van der Waals surface area contributed by atoms with Crippen LogP contribution in [0.3, 0.4) is 0 Å². The predicted molar refractivity (Wildman–Crippen MR) is 95.0 cm³/mol. The number of halogens is 2. The van der Waals surface area contributed by atoms with Crippen molar-refractivity contribution in [2.75, 3.05) is 18.8 Å². The van der Waals surface area contributed by atoms with Crippen LogP contribution in [0.25, 0.3) is 0 Å². The average molecular weight is 414 g/mol. The van der Waals surface area contributed by atoms with Gasteiger partial charge < -0.3 is 10.6 Å². The van der Waals surface area contributed by atoms with Gasteiger partial charge in [-0.1, -0.05) is 35.0 Å². The largest absolute Gasteiger partial charge is 0.354 e. The molecule has 5 nitrogen and oxygen atoms in total. The van der Waals surface area contributed by atoms with Gasteiger partial charge in [-0.05, 0) is 31.2 Å². The van der Waals surface area contributed by atoms with Gasteiger partial charge in [-0.15, -0.1) is 12.4 Å². The summed E-state index contributed by atoms with van der Waals surface area (Å²) in [6.45, 7) is 5.13. The summed E-state index contributed by atoms with van der Waals surface area (Å²) in [5.41, 5.74) is 0.673. The van der Waals surface area contributed by atoms with Gasteiger partial charge in [0.05, 0.1) is 5.75 Å². The smallest absolute Gasteiger partial charge is 0.235 e. The molecule has 0 bridgehead atoms. The van der Waals surface area contributed by atoms with Gasteiger partial charge in [-0.3, -0.25) is 4.79 Å². The molecule has 0 fully saturated rings. The van der Waals surface area contributed by atoms with Crippen LogP contribution in [-0.2, 0) is 20.4 Å². The first-order valence-corrected chi connectivity index (χ1v) is 9.39. The predicted octanol–water partition coefficient (Wildman–Crippen LogP) is 1.90. The molecule has 1 atom stereocenters. The Morgan fingerprint density at radius 3 is 2.41 bits per heavy atom. The summed E-state index contributed by atoms with van der Waals surface area (Å²) in [7, 11) is -3.45. The molecule has 0 aliphatic heterocycles. The van der Waals surface area contributed by atoms with Gasteiger partial charge in [-0.2, -0.15) is 0 Å². The highest BCUT2D eigenvalue weighted by molar-refractivity contribution is 9.10. The minimum atomic E-state index is -3.45. The van der Waals surface area contributed by atoms with Crippen LogP contribution in [0, 0.1) is 0 Å². The summed E-state index contributed by atoms with van der Waals surface area (Å²) in [6.07, 6.45) is 0. The van der Waals surface area contributed by atoms with Crippen molar-refractivity contribution in [3.05, 3.63) is 34.3 Å². The summed E-state index contributed by atoms with van der Waals surface area (Å²) in [5.74, 6) is -1.07. The van der Waals surface area contributed by atoms with E-state index < -0.39 is 21.5 Å². The maximum atomic E-state index is 12.0. The lowest BCUT2D eigenvalue weighted by molar-refractivity contribution is -0.118. The molecule has 0 saturated carbocycles. The molecule has 0 heterocycles. The lowest BCUT2D eigenvalue weighted by atomic mass is 10.2. The first-order valence-electron chi connectivity index (χ1n) is 6.77. The molecule has 0 aromatic heterocycles. The molecular formula is C14H22BrClN2O3S. The van der Waals surface area contributed by atoms with E-state index in [1.165, 1.54) is 0 Å². The van der Waals surface area contributed by atoms with Crippen molar-refractivity contribution >= 4 is 44.1 Å². The lowest BCUT2D eigenvalue weighted by Crippen LogP contribution is -2.41. The number of carbonyl (C=O) groups is 1. The molecule has 0 unspecified atom stereocenters. The standard InChI is InChI=1S/C14H21BrN2O3S.ClH/c1-3-16-11(2)8-17-14(18)10-21(19,20)9-12-4-6-13(15)7-5-12;/h4-7,11,16H,3,8-10H2,1-2H3,(H,17,18);1H/t11-;/m1./s1. The number of hydrogen-bond donors (Lipinski definition) is 2. The van der Waals surface area contributed by atoms with Crippen molar-refractivity contribution in [2.45, 2.75) is 25.6 Å². The number of benzene rings is 1. The van der Waals surface area contributed by atoms with Crippen LogP contribution in [0.4, 0.5) is 0 Å². The maximum Gasteiger partial charge on any atom is 0.235 e. The highest BCUT2D eigenvalue weighted by Crippen LogP contribution is 2.13. The Bertz CT molecular complexity index is 564. The fourth-order valence-corrected chi connectivity index (χ4v) is 3.39. The van der Waals surface area contributed by atoms with E-state index >= 15 is 0 Å². The molecule has 0 aliphatic rings. The SMILES string of the molecule is CCN[C@H](C)CNC(=O)CS(=O)(=O)Cc1ccc(Br)cc1.Cl. The fourth-order valence-electron chi connectivity index (χ4n) is 1.82. The van der Waals surface area contributed by atoms with Crippen LogP contribution < -0.4 is 10.6 Å². The van der Waals surface area contributed by atoms with E-state index in [0.29, 0.717) is 12.1 Å². The molecule has 1 aromatic carbocycles. The van der Waals surface area contributed by atoms with Gasteiger partial charge >= 0.3 is 0 Å². The summed E-state index contributed by atoms with van der Waals surface area (Å²) < 4.78 is 24.8. The van der Waals surface area contributed by atoms with Crippen LogP contribution in [-0.4, -0.2) is 39.2 Å². The Labute approximate surface area is 146 Å². The molecule has 1 rings (SSSR count). The van der Waals surface area contributed by atoms with E-state index in [4.69, 9.17) is 0 Å². The third-order valence-electron chi connectivity index (χ3n) is 2.81. The Morgan fingerprint density at radius 2 is 1.86 bits per heavy atom. The molecule has 0 radical (unpaired) electrons. The fraction of sp³-hybridized carbons (Fsp3) is 0.500. The van der Waals surface area contributed by atoms with Crippen LogP contribution in [0.2, 0.25) is 0 Å². The van der Waals surface area contributed by atoms with E-state index in [0.717, 1.165) is 11.0 Å². The Morgan fingerprint density at radius 1 is 1.27 bits per heavy atom. The van der Waals surface area contributed by atoms with E-state index in [-0.39, 0.29) is 24.2 Å². The van der Waals surface area contributed by atoms with Crippen molar-refractivity contribution in [1.29, 1.82) is 0 Å². The van der Waals surface area contributed by atoms with E-state index in [9.17, 15) is 13.2 Å². The first kappa shape index (κ1) is 21.4. The second-order valence-electron chi connectivity index (χ2n) is 4.92. The van der Waals surface area contributed by atoms with Crippen LogP contribution >= 0.6 is 28.3 Å². The van der Waals surface area contributed by atoms with E-state index in [1.54, 1.807) is 24.3 Å². The van der Waals surface area contributed by atoms with E-state index in [2.05, 4.69) is 26.6 Å². The Hall–Kier alpha value is -0.630. The number of rotatable bonds is 8. The minimum Gasteiger partial charge on any atom is -0.354 e. The molecule has 126 valence electrons. The maximum absolute atomic E-state index is 12.0. The molecule has 1 amide bonds. The summed E-state index contributed by atoms with van der Waals surface area (Å²) >= 11 is 3.29. The quantitative estimate of drug-likeness (QED) is 0.682. The van der Waals surface area contributed by atoms with Crippen molar-refractivity contribution in [3.63, 3.8) is 0 Å². The summed E-state index contributed by atoms with van der Waals surface area (Å²) in [6, 6.07) is 7.14. The van der Waals surface area contributed by atoms with Gasteiger partial charge in [-0.25, -0.2) is 8.42 Å². The van der Waals surface area contributed by atoms with Crippen LogP contribution in [0.5, 0.6) is 0 Å². The molecule has 0 spiro atoms. The Kier molecular flexibility index (Phi) is 9.91. The summed E-state index contributed by atoms with van der Waals surface area (Å²) in [4.78, 5) is 11.7. The second-order valence-corrected chi connectivity index (χ2v) is 7.90. The number of hydrogen-bond acceptors (Lipinski definition) is 4. The molecule has 2 N–H and O–H groups in total. The van der Waals surface area contributed by atoms with Gasteiger partial charge in [0.1, 0.15) is 5.75 Å². The highest BCUT2D eigenvalue weighted by Gasteiger charge is 2.17. The third-order valence-corrected chi connectivity index (χ3v) is 4.81. The van der Waals surface area contributed by atoms with Gasteiger partial charge in [0.2, 0.25) is 5.91 Å². The summed E-state index contributed by atoms with van der Waals surface area (Å²) in [5, 5.41) is 5.77. The molecule has 22 heavy (non-hydrogen) atoms. The normalized spacial score (nSPS) is 12.3. The topological polar surface area (TPSA) is 75.3 Å². The number of carbonyl (C=O) groups excluding carboxylic acids is 1. The van der Waals surface area contributed by atoms with Crippen molar-refractivity contribution in [3.8, 4) is 0 Å².